The van der Waals surface area contributed by atoms with Crippen LogP contribution in [-0.2, 0) is 5.41 Å². The molecule has 0 aliphatic heterocycles. The predicted molar refractivity (Wildman–Crippen MR) is 82.7 cm³/mol. The average molecular weight is 242 g/mol. The molecule has 104 valence electrons. The number of aliphatic hydroxyl groups excluding tert-OH is 1. The van der Waals surface area contributed by atoms with Crippen molar-refractivity contribution >= 4 is 0 Å². The van der Waals surface area contributed by atoms with Crippen molar-refractivity contribution in [1.29, 1.82) is 0 Å². The number of hydrogen-bond acceptors (Lipinski definition) is 1. The summed E-state index contributed by atoms with van der Waals surface area (Å²) in [6.45, 7) is 10.8. The van der Waals surface area contributed by atoms with Crippen LogP contribution < -0.4 is 0 Å². The Morgan fingerprint density at radius 2 is 1.29 bits per heavy atom. The van der Waals surface area contributed by atoms with Crippen LogP contribution in [0.25, 0.3) is 0 Å². The molecule has 1 heteroatoms. The lowest BCUT2D eigenvalue weighted by atomic mass is 9.82. The Morgan fingerprint density at radius 1 is 0.941 bits per heavy atom. The first-order valence-electron chi connectivity index (χ1n) is 5.67. The quantitative estimate of drug-likeness (QED) is 0.748. The van der Waals surface area contributed by atoms with Gasteiger partial charge in [0.1, 0.15) is 0 Å². The number of aliphatic hydroxyl groups is 1. The summed E-state index contributed by atoms with van der Waals surface area (Å²) in [7, 11) is 1.00. The largest absolute Gasteiger partial charge is 0.400 e. The molecule has 1 rings (SSSR count). The molecular weight excluding hydrogens is 208 g/mol. The maximum atomic E-state index is 7.00. The zero-order valence-electron chi connectivity index (χ0n) is 11.0. The molecule has 0 amide bonds. The Morgan fingerprint density at radius 3 is 1.59 bits per heavy atom. The van der Waals surface area contributed by atoms with Crippen LogP contribution in [0, 0.1) is 0 Å². The van der Waals surface area contributed by atoms with Crippen molar-refractivity contribution in [3.63, 3.8) is 0 Å². The summed E-state index contributed by atoms with van der Waals surface area (Å²) in [4.78, 5) is 0. The molecule has 0 aliphatic carbocycles. The predicted octanol–water partition coefficient (Wildman–Crippen LogP) is 5.28. The summed E-state index contributed by atoms with van der Waals surface area (Å²) in [5.41, 5.74) is 1.77. The van der Waals surface area contributed by atoms with Crippen molar-refractivity contribution in [2.24, 2.45) is 0 Å². The van der Waals surface area contributed by atoms with E-state index in [1.54, 1.807) is 0 Å². The summed E-state index contributed by atoms with van der Waals surface area (Å²) in [6, 6.07) is 10.7. The SMILES string of the molecule is C.C.CC.CCC(C)(C)c1ccccc1.CO. The number of hydrogen-bond donors (Lipinski definition) is 1. The molecule has 1 aromatic carbocycles. The summed E-state index contributed by atoms with van der Waals surface area (Å²) in [6.07, 6.45) is 1.19. The molecule has 0 radical (unpaired) electrons. The van der Waals surface area contributed by atoms with E-state index in [-0.39, 0.29) is 14.9 Å². The van der Waals surface area contributed by atoms with Crippen molar-refractivity contribution < 1.29 is 5.11 Å². The molecular formula is C16H34O. The zero-order chi connectivity index (χ0) is 12.3. The van der Waals surface area contributed by atoms with Gasteiger partial charge in [0.05, 0.1) is 0 Å². The Hall–Kier alpha value is -0.820. The van der Waals surface area contributed by atoms with E-state index < -0.39 is 0 Å². The highest BCUT2D eigenvalue weighted by Crippen LogP contribution is 2.25. The first kappa shape index (κ1) is 25.1. The lowest BCUT2D eigenvalue weighted by molar-refractivity contribution is 0.399. The van der Waals surface area contributed by atoms with Gasteiger partial charge >= 0.3 is 0 Å². The van der Waals surface area contributed by atoms with Gasteiger partial charge in [-0.3, -0.25) is 0 Å². The fraction of sp³-hybridized carbons (Fsp3) is 0.625. The van der Waals surface area contributed by atoms with Gasteiger partial charge in [0.2, 0.25) is 0 Å². The maximum absolute atomic E-state index is 7.00. The number of benzene rings is 1. The van der Waals surface area contributed by atoms with Crippen molar-refractivity contribution in [3.8, 4) is 0 Å². The molecule has 0 unspecified atom stereocenters. The third-order valence-corrected chi connectivity index (χ3v) is 2.44. The first-order valence-corrected chi connectivity index (χ1v) is 5.67. The topological polar surface area (TPSA) is 20.2 Å². The summed E-state index contributed by atoms with van der Waals surface area (Å²) >= 11 is 0. The Balaban J connectivity index is -0.000000128. The van der Waals surface area contributed by atoms with Crippen LogP contribution in [0.1, 0.15) is 61.5 Å². The Bertz CT molecular complexity index is 214. The van der Waals surface area contributed by atoms with E-state index in [0.717, 1.165) is 7.11 Å². The Labute approximate surface area is 110 Å². The smallest absolute Gasteiger partial charge is 0.0319 e. The van der Waals surface area contributed by atoms with E-state index in [2.05, 4.69) is 51.1 Å². The van der Waals surface area contributed by atoms with Crippen LogP contribution in [-0.4, -0.2) is 12.2 Å². The van der Waals surface area contributed by atoms with E-state index >= 15 is 0 Å². The van der Waals surface area contributed by atoms with Crippen LogP contribution in [0.5, 0.6) is 0 Å². The van der Waals surface area contributed by atoms with Gasteiger partial charge in [-0.1, -0.05) is 79.8 Å². The fourth-order valence-electron chi connectivity index (χ4n) is 1.09. The van der Waals surface area contributed by atoms with Crippen molar-refractivity contribution in [2.45, 2.75) is 61.3 Å². The highest BCUT2D eigenvalue weighted by Gasteiger charge is 2.16. The molecule has 0 bridgehead atoms. The third-order valence-electron chi connectivity index (χ3n) is 2.44. The van der Waals surface area contributed by atoms with Gasteiger partial charge in [-0.25, -0.2) is 0 Å². The second kappa shape index (κ2) is 15.2. The van der Waals surface area contributed by atoms with Gasteiger partial charge < -0.3 is 5.11 Å². The standard InChI is InChI=1S/C11H16.C2H6.CH4O.2CH4/c1-4-11(2,3)10-8-6-5-7-9-10;2*1-2;;/h5-9H,4H2,1-3H3;1-2H3;2H,1H3;2*1H4. The van der Waals surface area contributed by atoms with Crippen molar-refractivity contribution in [1.82, 2.24) is 0 Å². The molecule has 17 heavy (non-hydrogen) atoms. The van der Waals surface area contributed by atoms with E-state index in [9.17, 15) is 0 Å². The molecule has 0 fully saturated rings. The normalized spacial score (nSPS) is 8.18. The summed E-state index contributed by atoms with van der Waals surface area (Å²) in [5.74, 6) is 0. The van der Waals surface area contributed by atoms with Gasteiger partial charge in [0, 0.05) is 7.11 Å². The van der Waals surface area contributed by atoms with Gasteiger partial charge in [-0.05, 0) is 17.4 Å². The van der Waals surface area contributed by atoms with Crippen molar-refractivity contribution in [3.05, 3.63) is 35.9 Å². The summed E-state index contributed by atoms with van der Waals surface area (Å²) in [5, 5.41) is 7.00. The van der Waals surface area contributed by atoms with Gasteiger partial charge in [0.15, 0.2) is 0 Å². The molecule has 0 aliphatic rings. The molecule has 0 atom stereocenters. The minimum Gasteiger partial charge on any atom is -0.400 e. The van der Waals surface area contributed by atoms with Crippen LogP contribution in [0.3, 0.4) is 0 Å². The first-order chi connectivity index (χ1) is 7.17. The molecule has 0 heterocycles. The second-order valence-corrected chi connectivity index (χ2v) is 3.60. The van der Waals surface area contributed by atoms with Gasteiger partial charge in [-0.2, -0.15) is 0 Å². The highest BCUT2D eigenvalue weighted by molar-refractivity contribution is 5.22. The number of rotatable bonds is 2. The average Bonchev–Trinajstić information content (AvgIpc) is 2.35. The molecule has 0 spiro atoms. The molecule has 0 saturated carbocycles. The highest BCUT2D eigenvalue weighted by atomic mass is 16.2. The van der Waals surface area contributed by atoms with E-state index in [1.165, 1.54) is 12.0 Å². The second-order valence-electron chi connectivity index (χ2n) is 3.60. The Kier molecular flexibility index (Phi) is 22.4. The van der Waals surface area contributed by atoms with E-state index in [1.807, 2.05) is 13.8 Å². The molecule has 0 saturated heterocycles. The minimum atomic E-state index is 0. The lowest BCUT2D eigenvalue weighted by Gasteiger charge is -2.22. The van der Waals surface area contributed by atoms with Crippen LogP contribution in [0.15, 0.2) is 30.3 Å². The zero-order valence-corrected chi connectivity index (χ0v) is 11.0. The third kappa shape index (κ3) is 10.1. The maximum Gasteiger partial charge on any atom is 0.0319 e. The van der Waals surface area contributed by atoms with Crippen LogP contribution >= 0.6 is 0 Å². The molecule has 0 aromatic heterocycles. The molecule has 1 N–H and O–H groups in total. The molecule has 1 aromatic rings. The van der Waals surface area contributed by atoms with Crippen LogP contribution in [0.2, 0.25) is 0 Å². The fourth-order valence-corrected chi connectivity index (χ4v) is 1.09. The lowest BCUT2D eigenvalue weighted by Crippen LogP contribution is -2.14. The van der Waals surface area contributed by atoms with Crippen molar-refractivity contribution in [2.75, 3.05) is 7.11 Å². The van der Waals surface area contributed by atoms with E-state index in [4.69, 9.17) is 5.11 Å². The van der Waals surface area contributed by atoms with Gasteiger partial charge in [-0.15, -0.1) is 0 Å². The van der Waals surface area contributed by atoms with Gasteiger partial charge in [0.25, 0.3) is 0 Å². The molecule has 1 nitrogen and oxygen atoms in total. The van der Waals surface area contributed by atoms with E-state index in [0.29, 0.717) is 5.41 Å². The summed E-state index contributed by atoms with van der Waals surface area (Å²) < 4.78 is 0. The van der Waals surface area contributed by atoms with Crippen LogP contribution in [0.4, 0.5) is 0 Å². The minimum absolute atomic E-state index is 0. The monoisotopic (exact) mass is 242 g/mol.